The average Bonchev–Trinajstić information content (AvgIpc) is 2.42. The van der Waals surface area contributed by atoms with Gasteiger partial charge in [-0.15, -0.1) is 0 Å². The molecule has 0 saturated heterocycles. The molecule has 0 radical (unpaired) electrons. The summed E-state index contributed by atoms with van der Waals surface area (Å²) in [6.07, 6.45) is 7.75. The number of hydrogen-bond acceptors (Lipinski definition) is 2. The summed E-state index contributed by atoms with van der Waals surface area (Å²) >= 11 is 0. The fraction of sp³-hybridized carbons (Fsp3) is 1.00. The van der Waals surface area contributed by atoms with E-state index >= 15 is 0 Å². The van der Waals surface area contributed by atoms with Crippen molar-refractivity contribution in [1.29, 1.82) is 0 Å². The van der Waals surface area contributed by atoms with Crippen LogP contribution < -0.4 is 5.73 Å². The summed E-state index contributed by atoms with van der Waals surface area (Å²) in [6, 6.07) is 0. The summed E-state index contributed by atoms with van der Waals surface area (Å²) in [6.45, 7) is 12.3. The molecule has 0 aromatic rings. The third-order valence-electron chi connectivity index (χ3n) is 7.19. The van der Waals surface area contributed by atoms with Crippen LogP contribution in [0.15, 0.2) is 0 Å². The second kappa shape index (κ2) is 5.85. The monoisotopic (exact) mass is 295 g/mol. The standard InChI is InChI=1S/C19H37NO/c1-14-6-11-19(21,12-15(14)2)18(13-20)9-7-16(8-10-18)17(3,4)5/h14-16,21H,6-13,20H2,1-5H3. The number of nitrogens with two attached hydrogens (primary N) is 1. The van der Waals surface area contributed by atoms with Crippen molar-refractivity contribution in [2.45, 2.75) is 85.2 Å². The van der Waals surface area contributed by atoms with Gasteiger partial charge < -0.3 is 10.8 Å². The maximum atomic E-state index is 11.4. The van der Waals surface area contributed by atoms with E-state index < -0.39 is 5.60 Å². The smallest absolute Gasteiger partial charge is 0.0718 e. The zero-order chi connectivity index (χ0) is 15.9. The van der Waals surface area contributed by atoms with Crippen LogP contribution in [-0.2, 0) is 0 Å². The van der Waals surface area contributed by atoms with Crippen molar-refractivity contribution in [2.75, 3.05) is 6.54 Å². The van der Waals surface area contributed by atoms with Gasteiger partial charge in [-0.2, -0.15) is 0 Å². The van der Waals surface area contributed by atoms with Gasteiger partial charge in [0, 0.05) is 12.0 Å². The lowest BCUT2D eigenvalue weighted by Crippen LogP contribution is -2.57. The van der Waals surface area contributed by atoms with Gasteiger partial charge in [-0.05, 0) is 68.1 Å². The molecule has 0 bridgehead atoms. The Kier molecular flexibility index (Phi) is 4.81. The van der Waals surface area contributed by atoms with E-state index in [0.717, 1.165) is 43.9 Å². The van der Waals surface area contributed by atoms with E-state index in [-0.39, 0.29) is 5.41 Å². The molecule has 0 spiro atoms. The summed E-state index contributed by atoms with van der Waals surface area (Å²) in [5.74, 6) is 2.14. The van der Waals surface area contributed by atoms with Crippen LogP contribution >= 0.6 is 0 Å². The van der Waals surface area contributed by atoms with E-state index in [4.69, 9.17) is 5.73 Å². The van der Waals surface area contributed by atoms with Crippen molar-refractivity contribution in [1.82, 2.24) is 0 Å². The SMILES string of the molecule is CC1CCC(O)(C2(CN)CCC(C(C)(C)C)CC2)CC1C. The molecule has 2 aliphatic rings. The Bertz CT molecular complexity index is 351. The van der Waals surface area contributed by atoms with Crippen molar-refractivity contribution in [2.24, 2.45) is 34.3 Å². The van der Waals surface area contributed by atoms with E-state index in [1.807, 2.05) is 0 Å². The summed E-state index contributed by atoms with van der Waals surface area (Å²) in [7, 11) is 0. The van der Waals surface area contributed by atoms with Crippen molar-refractivity contribution >= 4 is 0 Å². The topological polar surface area (TPSA) is 46.2 Å². The van der Waals surface area contributed by atoms with Crippen molar-refractivity contribution in [3.05, 3.63) is 0 Å². The lowest BCUT2D eigenvalue weighted by Gasteiger charge is -2.55. The maximum absolute atomic E-state index is 11.4. The van der Waals surface area contributed by atoms with E-state index in [9.17, 15) is 5.11 Å². The Balaban J connectivity index is 2.13. The second-order valence-corrected chi connectivity index (χ2v) is 9.35. The fourth-order valence-electron chi connectivity index (χ4n) is 4.96. The van der Waals surface area contributed by atoms with E-state index in [2.05, 4.69) is 34.6 Å². The van der Waals surface area contributed by atoms with Gasteiger partial charge in [-0.3, -0.25) is 0 Å². The first kappa shape index (κ1) is 17.3. The predicted octanol–water partition coefficient (Wildman–Crippen LogP) is 4.36. The minimum atomic E-state index is -0.517. The fourth-order valence-corrected chi connectivity index (χ4v) is 4.96. The number of hydrogen-bond donors (Lipinski definition) is 2. The molecule has 2 aliphatic carbocycles. The van der Waals surface area contributed by atoms with Gasteiger partial charge in [0.2, 0.25) is 0 Å². The molecule has 21 heavy (non-hydrogen) atoms. The van der Waals surface area contributed by atoms with E-state index in [1.165, 1.54) is 12.8 Å². The van der Waals surface area contributed by atoms with Crippen LogP contribution in [0, 0.1) is 28.6 Å². The minimum absolute atomic E-state index is 0.0247. The zero-order valence-electron chi connectivity index (χ0n) is 14.9. The summed E-state index contributed by atoms with van der Waals surface area (Å²) < 4.78 is 0. The normalized spacial score (nSPS) is 45.6. The highest BCUT2D eigenvalue weighted by atomic mass is 16.3. The predicted molar refractivity (Wildman–Crippen MR) is 90.0 cm³/mol. The van der Waals surface area contributed by atoms with E-state index in [0.29, 0.717) is 17.9 Å². The molecule has 2 saturated carbocycles. The molecule has 0 aromatic heterocycles. The maximum Gasteiger partial charge on any atom is 0.0718 e. The van der Waals surface area contributed by atoms with Crippen LogP contribution in [0.5, 0.6) is 0 Å². The molecule has 0 amide bonds. The third-order valence-corrected chi connectivity index (χ3v) is 7.19. The average molecular weight is 296 g/mol. The third kappa shape index (κ3) is 3.17. The molecule has 124 valence electrons. The molecule has 3 N–H and O–H groups in total. The lowest BCUT2D eigenvalue weighted by atomic mass is 9.53. The molecule has 3 atom stereocenters. The lowest BCUT2D eigenvalue weighted by molar-refractivity contribution is -0.146. The molecule has 0 heterocycles. The summed E-state index contributed by atoms with van der Waals surface area (Å²) in [4.78, 5) is 0. The first-order valence-corrected chi connectivity index (χ1v) is 9.06. The molecule has 2 nitrogen and oxygen atoms in total. The summed E-state index contributed by atoms with van der Waals surface area (Å²) in [5, 5.41) is 11.4. The van der Waals surface area contributed by atoms with Gasteiger partial charge in [-0.1, -0.05) is 34.6 Å². The Hall–Kier alpha value is -0.0800. The van der Waals surface area contributed by atoms with E-state index in [1.54, 1.807) is 0 Å². The Morgan fingerprint density at radius 2 is 1.57 bits per heavy atom. The van der Waals surface area contributed by atoms with Gasteiger partial charge in [0.15, 0.2) is 0 Å². The van der Waals surface area contributed by atoms with Crippen LogP contribution in [0.3, 0.4) is 0 Å². The molecule has 0 aliphatic heterocycles. The highest BCUT2D eigenvalue weighted by Gasteiger charge is 2.53. The van der Waals surface area contributed by atoms with Crippen LogP contribution in [-0.4, -0.2) is 17.3 Å². The van der Waals surface area contributed by atoms with Crippen molar-refractivity contribution < 1.29 is 5.11 Å². The molecular formula is C19H37NO. The highest BCUT2D eigenvalue weighted by Crippen LogP contribution is 2.55. The molecular weight excluding hydrogens is 258 g/mol. The van der Waals surface area contributed by atoms with Gasteiger partial charge >= 0.3 is 0 Å². The van der Waals surface area contributed by atoms with Crippen molar-refractivity contribution in [3.63, 3.8) is 0 Å². The quantitative estimate of drug-likeness (QED) is 0.795. The van der Waals surface area contributed by atoms with Crippen LogP contribution in [0.1, 0.15) is 79.6 Å². The van der Waals surface area contributed by atoms with Gasteiger partial charge in [0.1, 0.15) is 0 Å². The Morgan fingerprint density at radius 3 is 2.00 bits per heavy atom. The van der Waals surface area contributed by atoms with Gasteiger partial charge in [0.05, 0.1) is 5.60 Å². The van der Waals surface area contributed by atoms with Crippen LogP contribution in [0.2, 0.25) is 0 Å². The molecule has 2 fully saturated rings. The summed E-state index contributed by atoms with van der Waals surface area (Å²) in [5.41, 5.74) is 6.07. The van der Waals surface area contributed by atoms with Crippen LogP contribution in [0.4, 0.5) is 0 Å². The van der Waals surface area contributed by atoms with Gasteiger partial charge in [-0.25, -0.2) is 0 Å². The molecule has 2 rings (SSSR count). The van der Waals surface area contributed by atoms with Crippen molar-refractivity contribution in [3.8, 4) is 0 Å². The highest BCUT2D eigenvalue weighted by molar-refractivity contribution is 5.05. The largest absolute Gasteiger partial charge is 0.389 e. The Labute approximate surface area is 131 Å². The number of rotatable bonds is 2. The van der Waals surface area contributed by atoms with Crippen LogP contribution in [0.25, 0.3) is 0 Å². The zero-order valence-corrected chi connectivity index (χ0v) is 14.9. The first-order chi connectivity index (χ1) is 9.63. The molecule has 2 heteroatoms. The van der Waals surface area contributed by atoms with Gasteiger partial charge in [0.25, 0.3) is 0 Å². The second-order valence-electron chi connectivity index (χ2n) is 9.35. The number of aliphatic hydroxyl groups is 1. The Morgan fingerprint density at radius 1 is 1.00 bits per heavy atom. The first-order valence-electron chi connectivity index (χ1n) is 9.06. The molecule has 3 unspecified atom stereocenters. The minimum Gasteiger partial charge on any atom is -0.389 e. The molecule has 0 aromatic carbocycles.